The SMILES string of the molecule is CCN(CC)CCCBr. The first-order valence-corrected chi connectivity index (χ1v) is 4.75. The summed E-state index contributed by atoms with van der Waals surface area (Å²) >= 11 is 3.41. The lowest BCUT2D eigenvalue weighted by Gasteiger charge is -2.16. The number of hydrogen-bond donors (Lipinski definition) is 0. The molecule has 0 aromatic heterocycles. The van der Waals surface area contributed by atoms with Crippen molar-refractivity contribution in [3.05, 3.63) is 0 Å². The largest absolute Gasteiger partial charge is 0.304 e. The van der Waals surface area contributed by atoms with Gasteiger partial charge in [-0.3, -0.25) is 0 Å². The summed E-state index contributed by atoms with van der Waals surface area (Å²) in [5.41, 5.74) is 0. The van der Waals surface area contributed by atoms with Gasteiger partial charge in [-0.25, -0.2) is 0 Å². The highest BCUT2D eigenvalue weighted by Gasteiger charge is 1.95. The summed E-state index contributed by atoms with van der Waals surface area (Å²) in [5.74, 6) is 0. The van der Waals surface area contributed by atoms with Crippen LogP contribution in [0.3, 0.4) is 0 Å². The lowest BCUT2D eigenvalue weighted by Crippen LogP contribution is -2.24. The first-order chi connectivity index (χ1) is 4.35. The van der Waals surface area contributed by atoms with Gasteiger partial charge in [0.05, 0.1) is 0 Å². The molecule has 0 rings (SSSR count). The molecule has 0 aliphatic heterocycles. The predicted octanol–water partition coefficient (Wildman–Crippen LogP) is 2.11. The highest BCUT2D eigenvalue weighted by atomic mass is 79.9. The number of hydrogen-bond acceptors (Lipinski definition) is 1. The van der Waals surface area contributed by atoms with Gasteiger partial charge in [0, 0.05) is 5.33 Å². The van der Waals surface area contributed by atoms with Crippen molar-refractivity contribution in [1.82, 2.24) is 4.90 Å². The van der Waals surface area contributed by atoms with E-state index in [0.717, 1.165) is 5.33 Å². The fourth-order valence-corrected chi connectivity index (χ4v) is 1.07. The number of alkyl halides is 1. The predicted molar refractivity (Wildman–Crippen MR) is 46.2 cm³/mol. The van der Waals surface area contributed by atoms with Crippen molar-refractivity contribution >= 4 is 15.9 Å². The minimum atomic E-state index is 1.13. The van der Waals surface area contributed by atoms with Crippen LogP contribution in [-0.4, -0.2) is 29.9 Å². The van der Waals surface area contributed by atoms with E-state index in [2.05, 4.69) is 34.7 Å². The average Bonchev–Trinajstić information content (AvgIpc) is 1.91. The molecular weight excluding hydrogens is 178 g/mol. The Morgan fingerprint density at radius 2 is 1.78 bits per heavy atom. The van der Waals surface area contributed by atoms with Gasteiger partial charge >= 0.3 is 0 Å². The van der Waals surface area contributed by atoms with E-state index in [4.69, 9.17) is 0 Å². The van der Waals surface area contributed by atoms with E-state index in [1.807, 2.05) is 0 Å². The van der Waals surface area contributed by atoms with Crippen molar-refractivity contribution in [1.29, 1.82) is 0 Å². The van der Waals surface area contributed by atoms with Gasteiger partial charge in [0.15, 0.2) is 0 Å². The Labute approximate surface area is 66.6 Å². The van der Waals surface area contributed by atoms with Gasteiger partial charge in [-0.15, -0.1) is 0 Å². The average molecular weight is 194 g/mol. The Balaban J connectivity index is 3.09. The molecule has 9 heavy (non-hydrogen) atoms. The first-order valence-electron chi connectivity index (χ1n) is 3.63. The van der Waals surface area contributed by atoms with Crippen LogP contribution in [0.15, 0.2) is 0 Å². The molecule has 56 valence electrons. The third-order valence-electron chi connectivity index (χ3n) is 1.50. The van der Waals surface area contributed by atoms with E-state index in [1.165, 1.54) is 26.1 Å². The molecule has 0 aromatic carbocycles. The molecule has 0 amide bonds. The van der Waals surface area contributed by atoms with Gasteiger partial charge in [-0.1, -0.05) is 29.8 Å². The van der Waals surface area contributed by atoms with Crippen LogP contribution in [0.4, 0.5) is 0 Å². The van der Waals surface area contributed by atoms with Crippen molar-refractivity contribution in [3.63, 3.8) is 0 Å². The fraction of sp³-hybridized carbons (Fsp3) is 1.00. The normalized spacial score (nSPS) is 10.7. The third-order valence-corrected chi connectivity index (χ3v) is 2.06. The molecule has 0 saturated carbocycles. The van der Waals surface area contributed by atoms with Gasteiger partial charge in [-0.2, -0.15) is 0 Å². The summed E-state index contributed by atoms with van der Waals surface area (Å²) in [7, 11) is 0. The van der Waals surface area contributed by atoms with E-state index in [9.17, 15) is 0 Å². The zero-order chi connectivity index (χ0) is 7.11. The molecule has 1 nitrogen and oxygen atoms in total. The quantitative estimate of drug-likeness (QED) is 0.606. The van der Waals surface area contributed by atoms with Crippen LogP contribution in [0.1, 0.15) is 20.3 Å². The maximum absolute atomic E-state index is 3.41. The van der Waals surface area contributed by atoms with Crippen LogP contribution >= 0.6 is 15.9 Å². The summed E-state index contributed by atoms with van der Waals surface area (Å²) < 4.78 is 0. The van der Waals surface area contributed by atoms with Gasteiger partial charge < -0.3 is 4.90 Å². The highest BCUT2D eigenvalue weighted by Crippen LogP contribution is 1.92. The Morgan fingerprint density at radius 3 is 2.11 bits per heavy atom. The molecular formula is C7H16BrN. The first kappa shape index (κ1) is 9.44. The van der Waals surface area contributed by atoms with Crippen molar-refractivity contribution in [2.24, 2.45) is 0 Å². The van der Waals surface area contributed by atoms with Crippen molar-refractivity contribution in [2.45, 2.75) is 20.3 Å². The maximum atomic E-state index is 3.41. The van der Waals surface area contributed by atoms with Crippen LogP contribution in [0.2, 0.25) is 0 Å². The van der Waals surface area contributed by atoms with E-state index in [1.54, 1.807) is 0 Å². The number of nitrogens with zero attached hydrogens (tertiary/aromatic N) is 1. The van der Waals surface area contributed by atoms with Crippen molar-refractivity contribution in [2.75, 3.05) is 25.0 Å². The second-order valence-electron chi connectivity index (χ2n) is 2.07. The lowest BCUT2D eigenvalue weighted by molar-refractivity contribution is 0.306. The van der Waals surface area contributed by atoms with Crippen LogP contribution in [0, 0.1) is 0 Å². The topological polar surface area (TPSA) is 3.24 Å². The van der Waals surface area contributed by atoms with Crippen molar-refractivity contribution < 1.29 is 0 Å². The van der Waals surface area contributed by atoms with E-state index < -0.39 is 0 Å². The second kappa shape index (κ2) is 6.56. The molecule has 0 radical (unpaired) electrons. The molecule has 0 aromatic rings. The summed E-state index contributed by atoms with van der Waals surface area (Å²) in [4.78, 5) is 2.43. The number of rotatable bonds is 5. The summed E-state index contributed by atoms with van der Waals surface area (Å²) in [5, 5.41) is 1.13. The molecule has 0 spiro atoms. The maximum Gasteiger partial charge on any atom is 0.00434 e. The lowest BCUT2D eigenvalue weighted by atomic mass is 10.4. The van der Waals surface area contributed by atoms with Gasteiger partial charge in [0.25, 0.3) is 0 Å². The van der Waals surface area contributed by atoms with E-state index >= 15 is 0 Å². The van der Waals surface area contributed by atoms with Crippen LogP contribution in [0.5, 0.6) is 0 Å². The molecule has 2 heteroatoms. The molecule has 0 fully saturated rings. The van der Waals surface area contributed by atoms with E-state index in [0.29, 0.717) is 0 Å². The molecule has 0 unspecified atom stereocenters. The second-order valence-corrected chi connectivity index (χ2v) is 2.86. The van der Waals surface area contributed by atoms with Crippen LogP contribution in [0.25, 0.3) is 0 Å². The summed E-state index contributed by atoms with van der Waals surface area (Å²) in [6, 6.07) is 0. The monoisotopic (exact) mass is 193 g/mol. The molecule has 0 aliphatic carbocycles. The van der Waals surface area contributed by atoms with Crippen molar-refractivity contribution in [3.8, 4) is 0 Å². The van der Waals surface area contributed by atoms with Gasteiger partial charge in [-0.05, 0) is 26.1 Å². The van der Waals surface area contributed by atoms with Gasteiger partial charge in [0.2, 0.25) is 0 Å². The Bertz CT molecular complexity index is 52.9. The fourth-order valence-electron chi connectivity index (χ4n) is 0.823. The Kier molecular flexibility index (Phi) is 6.88. The molecule has 0 heterocycles. The molecule has 0 aliphatic rings. The highest BCUT2D eigenvalue weighted by molar-refractivity contribution is 9.09. The Morgan fingerprint density at radius 1 is 1.22 bits per heavy atom. The molecule has 0 N–H and O–H groups in total. The smallest absolute Gasteiger partial charge is 0.00434 e. The zero-order valence-electron chi connectivity index (χ0n) is 6.36. The molecule has 0 bridgehead atoms. The van der Waals surface area contributed by atoms with E-state index in [-0.39, 0.29) is 0 Å². The van der Waals surface area contributed by atoms with Crippen LogP contribution < -0.4 is 0 Å². The summed E-state index contributed by atoms with van der Waals surface area (Å²) in [6.07, 6.45) is 1.27. The summed E-state index contributed by atoms with van der Waals surface area (Å²) in [6.45, 7) is 8.01. The standard InChI is InChI=1S/C7H16BrN/c1-3-9(4-2)7-5-6-8/h3-7H2,1-2H3. The minimum Gasteiger partial charge on any atom is -0.304 e. The third kappa shape index (κ3) is 4.91. The molecule has 0 atom stereocenters. The molecule has 0 saturated heterocycles. The van der Waals surface area contributed by atoms with Gasteiger partial charge in [0.1, 0.15) is 0 Å². The van der Waals surface area contributed by atoms with Crippen LogP contribution in [-0.2, 0) is 0 Å². The Hall–Kier alpha value is 0.440. The zero-order valence-corrected chi connectivity index (χ0v) is 7.95. The minimum absolute atomic E-state index is 1.13. The number of halogens is 1.